The summed E-state index contributed by atoms with van der Waals surface area (Å²) in [4.78, 5) is 4.06. The molecule has 0 N–H and O–H groups in total. The maximum Gasteiger partial charge on any atom is 0.137 e. The van der Waals surface area contributed by atoms with E-state index in [1.54, 1.807) is 18.6 Å². The van der Waals surface area contributed by atoms with E-state index in [1.807, 2.05) is 41.1 Å². The predicted octanol–water partition coefficient (Wildman–Crippen LogP) is 5.05. The quantitative estimate of drug-likeness (QED) is 0.480. The van der Waals surface area contributed by atoms with E-state index in [0.29, 0.717) is 24.5 Å². The predicted molar refractivity (Wildman–Crippen MR) is 109 cm³/mol. The molecule has 1 heterocycles. The van der Waals surface area contributed by atoms with E-state index < -0.39 is 0 Å². The van der Waals surface area contributed by atoms with Gasteiger partial charge in [-0.2, -0.15) is 5.26 Å². The number of nitrogens with zero attached hydrogens (tertiary/aromatic N) is 3. The summed E-state index contributed by atoms with van der Waals surface area (Å²) in [7, 11) is 0. The lowest BCUT2D eigenvalue weighted by Crippen LogP contribution is -2.01. The molecular formula is C24H19N3O. The molecule has 0 atom stereocenters. The van der Waals surface area contributed by atoms with E-state index in [4.69, 9.17) is 4.74 Å². The summed E-state index contributed by atoms with van der Waals surface area (Å²) < 4.78 is 7.95. The van der Waals surface area contributed by atoms with E-state index >= 15 is 0 Å². The minimum absolute atomic E-state index is 0.415. The third-order valence-corrected chi connectivity index (χ3v) is 4.55. The van der Waals surface area contributed by atoms with Gasteiger partial charge in [0.05, 0.1) is 11.9 Å². The molecule has 0 saturated heterocycles. The first-order chi connectivity index (χ1) is 13.8. The van der Waals surface area contributed by atoms with E-state index in [-0.39, 0.29) is 0 Å². The smallest absolute Gasteiger partial charge is 0.137 e. The second-order valence-corrected chi connectivity index (χ2v) is 6.53. The van der Waals surface area contributed by atoms with Gasteiger partial charge >= 0.3 is 0 Å². The van der Waals surface area contributed by atoms with Crippen LogP contribution in [0.3, 0.4) is 0 Å². The Hall–Kier alpha value is -3.84. The van der Waals surface area contributed by atoms with Crippen molar-refractivity contribution in [1.82, 2.24) is 9.55 Å². The summed E-state index contributed by atoms with van der Waals surface area (Å²) in [5, 5.41) is 9.38. The zero-order chi connectivity index (χ0) is 19.2. The highest BCUT2D eigenvalue weighted by molar-refractivity contribution is 5.63. The van der Waals surface area contributed by atoms with Gasteiger partial charge in [-0.1, -0.05) is 60.7 Å². The Morgan fingerprint density at radius 2 is 1.64 bits per heavy atom. The first-order valence-electron chi connectivity index (χ1n) is 9.08. The summed E-state index contributed by atoms with van der Waals surface area (Å²) in [6.07, 6.45) is 5.43. The normalized spacial score (nSPS) is 10.4. The van der Waals surface area contributed by atoms with Crippen LogP contribution < -0.4 is 4.74 Å². The number of ether oxygens (including phenoxy) is 1. The zero-order valence-corrected chi connectivity index (χ0v) is 15.3. The van der Waals surface area contributed by atoms with Gasteiger partial charge in [0.1, 0.15) is 18.4 Å². The number of nitriles is 1. The molecule has 0 radical (unpaired) electrons. The summed E-state index contributed by atoms with van der Waals surface area (Å²) in [5.74, 6) is 0.604. The fourth-order valence-corrected chi connectivity index (χ4v) is 3.05. The monoisotopic (exact) mass is 365 g/mol. The van der Waals surface area contributed by atoms with Crippen LogP contribution in [0.15, 0.2) is 91.5 Å². The van der Waals surface area contributed by atoms with Crippen LogP contribution in [0.2, 0.25) is 0 Å². The van der Waals surface area contributed by atoms with Gasteiger partial charge < -0.3 is 9.30 Å². The summed E-state index contributed by atoms with van der Waals surface area (Å²) in [5.41, 5.74) is 5.02. The van der Waals surface area contributed by atoms with Crippen LogP contribution in [0, 0.1) is 11.3 Å². The minimum Gasteiger partial charge on any atom is -0.488 e. The molecule has 28 heavy (non-hydrogen) atoms. The molecule has 0 fully saturated rings. The fraction of sp³-hybridized carbons (Fsp3) is 0.0833. The van der Waals surface area contributed by atoms with Gasteiger partial charge in [0.25, 0.3) is 0 Å². The number of hydrogen-bond acceptors (Lipinski definition) is 3. The van der Waals surface area contributed by atoms with Crippen LogP contribution >= 0.6 is 0 Å². The molecule has 3 aromatic carbocycles. The van der Waals surface area contributed by atoms with Crippen LogP contribution in [-0.2, 0) is 13.2 Å². The van der Waals surface area contributed by atoms with Gasteiger partial charge in [-0.15, -0.1) is 0 Å². The third kappa shape index (κ3) is 4.11. The van der Waals surface area contributed by atoms with Crippen molar-refractivity contribution in [3.8, 4) is 22.9 Å². The Bertz CT molecular complexity index is 1080. The van der Waals surface area contributed by atoms with Crippen LogP contribution in [0.1, 0.15) is 16.7 Å². The summed E-state index contributed by atoms with van der Waals surface area (Å²) in [6, 6.07) is 26.5. The molecule has 0 aliphatic rings. The lowest BCUT2D eigenvalue weighted by molar-refractivity contribution is 0.305. The van der Waals surface area contributed by atoms with Crippen molar-refractivity contribution in [3.05, 3.63) is 108 Å². The molecule has 4 heteroatoms. The van der Waals surface area contributed by atoms with Crippen LogP contribution in [-0.4, -0.2) is 9.55 Å². The molecule has 4 rings (SSSR count). The largest absolute Gasteiger partial charge is 0.488 e. The number of imidazole rings is 1. The van der Waals surface area contributed by atoms with Gasteiger partial charge in [-0.05, 0) is 34.4 Å². The Labute approximate surface area is 164 Å². The van der Waals surface area contributed by atoms with Crippen LogP contribution in [0.4, 0.5) is 0 Å². The van der Waals surface area contributed by atoms with Crippen molar-refractivity contribution in [2.75, 3.05) is 0 Å². The van der Waals surface area contributed by atoms with E-state index in [0.717, 1.165) is 11.1 Å². The van der Waals surface area contributed by atoms with Gasteiger partial charge in [-0.3, -0.25) is 0 Å². The zero-order valence-electron chi connectivity index (χ0n) is 15.3. The standard InChI is InChI=1S/C24H19N3O/c25-15-23-11-8-20(16-27-13-12-26-18-27)14-24(23)28-17-19-6-9-22(10-7-19)21-4-2-1-3-5-21/h1-14,18H,16-17H2. The highest BCUT2D eigenvalue weighted by Gasteiger charge is 2.07. The highest BCUT2D eigenvalue weighted by Crippen LogP contribution is 2.23. The molecule has 0 unspecified atom stereocenters. The lowest BCUT2D eigenvalue weighted by atomic mass is 10.0. The molecule has 136 valence electrons. The van der Waals surface area contributed by atoms with Crippen molar-refractivity contribution < 1.29 is 4.74 Å². The molecular weight excluding hydrogens is 346 g/mol. The van der Waals surface area contributed by atoms with E-state index in [1.165, 1.54) is 11.1 Å². The number of benzene rings is 3. The Morgan fingerprint density at radius 1 is 0.893 bits per heavy atom. The maximum atomic E-state index is 9.38. The second-order valence-electron chi connectivity index (χ2n) is 6.53. The lowest BCUT2D eigenvalue weighted by Gasteiger charge is -2.11. The highest BCUT2D eigenvalue weighted by atomic mass is 16.5. The topological polar surface area (TPSA) is 50.8 Å². The molecule has 0 aliphatic heterocycles. The fourth-order valence-electron chi connectivity index (χ4n) is 3.05. The van der Waals surface area contributed by atoms with Gasteiger partial charge in [0, 0.05) is 18.9 Å². The molecule has 0 spiro atoms. The van der Waals surface area contributed by atoms with E-state index in [9.17, 15) is 5.26 Å². The van der Waals surface area contributed by atoms with E-state index in [2.05, 4.69) is 47.5 Å². The molecule has 0 saturated carbocycles. The van der Waals surface area contributed by atoms with Gasteiger partial charge in [0.15, 0.2) is 0 Å². The number of aromatic nitrogens is 2. The SMILES string of the molecule is N#Cc1ccc(Cn2ccnc2)cc1OCc1ccc(-c2ccccc2)cc1. The molecule has 4 nitrogen and oxygen atoms in total. The summed E-state index contributed by atoms with van der Waals surface area (Å²) >= 11 is 0. The minimum atomic E-state index is 0.415. The average Bonchev–Trinajstić information content (AvgIpc) is 3.26. The van der Waals surface area contributed by atoms with Crippen molar-refractivity contribution in [1.29, 1.82) is 5.26 Å². The second kappa shape index (κ2) is 8.24. The Balaban J connectivity index is 1.47. The maximum absolute atomic E-state index is 9.38. The molecule has 1 aromatic heterocycles. The van der Waals surface area contributed by atoms with Crippen LogP contribution in [0.25, 0.3) is 11.1 Å². The van der Waals surface area contributed by atoms with Gasteiger partial charge in [0.2, 0.25) is 0 Å². The molecule has 0 amide bonds. The van der Waals surface area contributed by atoms with Crippen molar-refractivity contribution in [2.24, 2.45) is 0 Å². The molecule has 0 bridgehead atoms. The van der Waals surface area contributed by atoms with Crippen molar-refractivity contribution >= 4 is 0 Å². The van der Waals surface area contributed by atoms with Gasteiger partial charge in [-0.25, -0.2) is 4.98 Å². The third-order valence-electron chi connectivity index (χ3n) is 4.55. The number of rotatable bonds is 6. The first kappa shape index (κ1) is 17.6. The Morgan fingerprint density at radius 3 is 2.36 bits per heavy atom. The summed E-state index contributed by atoms with van der Waals surface area (Å²) in [6.45, 7) is 1.10. The molecule has 0 aliphatic carbocycles. The van der Waals surface area contributed by atoms with Crippen molar-refractivity contribution in [2.45, 2.75) is 13.2 Å². The first-order valence-corrected chi connectivity index (χ1v) is 9.08. The van der Waals surface area contributed by atoms with Crippen LogP contribution in [0.5, 0.6) is 5.75 Å². The Kier molecular flexibility index (Phi) is 5.17. The number of hydrogen-bond donors (Lipinski definition) is 0. The average molecular weight is 365 g/mol. The molecule has 4 aromatic rings. The van der Waals surface area contributed by atoms with Crippen molar-refractivity contribution in [3.63, 3.8) is 0 Å².